The number of nitrogens with zero attached hydrogens (tertiary/aromatic N) is 4. The van der Waals surface area contributed by atoms with Crippen LogP contribution in [0.15, 0.2) is 12.7 Å². The molecule has 1 aliphatic rings. The van der Waals surface area contributed by atoms with Crippen LogP contribution in [0.1, 0.15) is 13.2 Å². The van der Waals surface area contributed by atoms with Crippen molar-refractivity contribution in [3.63, 3.8) is 0 Å². The topological polar surface area (TPSA) is 276 Å². The Morgan fingerprint density at radius 3 is 2.42 bits per heavy atom. The third-order valence-corrected chi connectivity index (χ3v) is 8.13. The highest BCUT2D eigenvalue weighted by Crippen LogP contribution is 2.66. The van der Waals surface area contributed by atoms with Crippen LogP contribution < -0.4 is 5.73 Å². The lowest BCUT2D eigenvalue weighted by atomic mass is 9.94. The Kier molecular flexibility index (Phi) is 7.23. The number of phosphoric ester groups is 1. The Morgan fingerprint density at radius 1 is 1.15 bits per heavy atom. The molecule has 0 radical (unpaired) electrons. The van der Waals surface area contributed by atoms with Crippen molar-refractivity contribution in [3.8, 4) is 0 Å². The van der Waals surface area contributed by atoms with Crippen molar-refractivity contribution in [2.24, 2.45) is 5.92 Å². The largest absolute Gasteiger partial charge is 0.490 e. The van der Waals surface area contributed by atoms with Crippen LogP contribution in [0.2, 0.25) is 0 Å². The lowest BCUT2D eigenvalue weighted by Gasteiger charge is -2.20. The number of Topliss-reactive ketones (excluding diaryl/α,β-unsaturated/α-hetero) is 1. The molecule has 0 saturated carbocycles. The number of ketones is 1. The van der Waals surface area contributed by atoms with Gasteiger partial charge in [0.05, 0.1) is 25.0 Å². The van der Waals surface area contributed by atoms with Crippen LogP contribution in [0.3, 0.4) is 0 Å². The molecule has 3 heterocycles. The molecule has 7 N–H and O–H groups in total. The third-order valence-electron chi connectivity index (χ3n) is 4.32. The maximum Gasteiger partial charge on any atom is 0.490 e. The van der Waals surface area contributed by atoms with Crippen LogP contribution in [0.5, 0.6) is 0 Å². The van der Waals surface area contributed by atoms with E-state index in [0.717, 1.165) is 13.3 Å². The van der Waals surface area contributed by atoms with Gasteiger partial charge in [-0.15, -0.1) is 0 Å². The van der Waals surface area contributed by atoms with Gasteiger partial charge in [-0.2, -0.15) is 8.62 Å². The van der Waals surface area contributed by atoms with Crippen molar-refractivity contribution in [3.05, 3.63) is 12.7 Å². The summed E-state index contributed by atoms with van der Waals surface area (Å²) in [7, 11) is -16.7. The number of anilines is 1. The molecule has 0 bridgehead atoms. The molecule has 6 atom stereocenters. The number of rotatable bonds is 9. The minimum Gasteiger partial charge on any atom is -0.388 e. The van der Waals surface area contributed by atoms with Gasteiger partial charge in [-0.25, -0.2) is 28.6 Å². The zero-order valence-electron chi connectivity index (χ0n) is 16.4. The van der Waals surface area contributed by atoms with Crippen LogP contribution in [0.4, 0.5) is 5.82 Å². The van der Waals surface area contributed by atoms with Gasteiger partial charge in [0.15, 0.2) is 17.7 Å². The van der Waals surface area contributed by atoms with E-state index >= 15 is 0 Å². The van der Waals surface area contributed by atoms with Gasteiger partial charge in [0.1, 0.15) is 23.7 Å². The molecule has 18 nitrogen and oxygen atoms in total. The van der Waals surface area contributed by atoms with E-state index in [4.69, 9.17) is 20.3 Å². The first-order valence-electron chi connectivity index (χ1n) is 8.65. The van der Waals surface area contributed by atoms with Gasteiger partial charge >= 0.3 is 23.5 Å². The van der Waals surface area contributed by atoms with Gasteiger partial charge in [-0.3, -0.25) is 13.9 Å². The van der Waals surface area contributed by atoms with E-state index in [9.17, 15) is 33.4 Å². The smallest absolute Gasteiger partial charge is 0.388 e. The molecule has 33 heavy (non-hydrogen) atoms. The summed E-state index contributed by atoms with van der Waals surface area (Å²) in [5, 5.41) is 10.7. The Bertz CT molecular complexity index is 1200. The van der Waals surface area contributed by atoms with Crippen molar-refractivity contribution in [1.82, 2.24) is 19.5 Å². The first-order valence-corrected chi connectivity index (χ1v) is 13.2. The molecule has 0 aliphatic carbocycles. The summed E-state index contributed by atoms with van der Waals surface area (Å²) < 4.78 is 52.7. The minimum absolute atomic E-state index is 0.0403. The number of hydrogen-bond donors (Lipinski definition) is 6. The maximum absolute atomic E-state index is 12.1. The predicted molar refractivity (Wildman–Crippen MR) is 104 cm³/mol. The summed E-state index contributed by atoms with van der Waals surface area (Å²) in [6, 6.07) is 0. The van der Waals surface area contributed by atoms with E-state index in [1.165, 1.54) is 10.9 Å². The molecule has 0 aromatic carbocycles. The fraction of sp³-hybridized carbons (Fsp3) is 0.500. The molecule has 3 rings (SSSR count). The van der Waals surface area contributed by atoms with Crippen molar-refractivity contribution in [1.29, 1.82) is 0 Å². The molecule has 2 aromatic heterocycles. The minimum atomic E-state index is -5.72. The van der Waals surface area contributed by atoms with Crippen LogP contribution in [0.25, 0.3) is 11.2 Å². The number of hydrogen-bond acceptors (Lipinski definition) is 13. The van der Waals surface area contributed by atoms with Crippen LogP contribution in [0, 0.1) is 5.92 Å². The number of phosphoric acid groups is 3. The molecule has 0 amide bonds. The first-order chi connectivity index (χ1) is 15.1. The third kappa shape index (κ3) is 6.08. The summed E-state index contributed by atoms with van der Waals surface area (Å²) in [6.07, 6.45) is -1.81. The Balaban J connectivity index is 1.78. The SMILES string of the molecule is CC(=O)C1C(COP(=O)(O)OP(=O)(O)OP(=O)(O)O)OC(n2cnc3c(N)ncnc32)C1O. The predicted octanol–water partition coefficient (Wildman–Crippen LogP) is -0.785. The molecule has 184 valence electrons. The highest BCUT2D eigenvalue weighted by molar-refractivity contribution is 7.66. The number of aliphatic hydroxyl groups excluding tert-OH is 1. The summed E-state index contributed by atoms with van der Waals surface area (Å²) in [5.41, 5.74) is 6.05. The molecular formula is C12H18N5O13P3. The molecule has 6 unspecified atom stereocenters. The Labute approximate surface area is 183 Å². The number of nitrogen functional groups attached to an aromatic ring is 1. The number of carbonyl (C=O) groups excluding carboxylic acids is 1. The molecule has 21 heteroatoms. The number of nitrogens with two attached hydrogens (primary N) is 1. The number of imidazole rings is 1. The van der Waals surface area contributed by atoms with Crippen molar-refractivity contribution in [2.75, 3.05) is 12.3 Å². The lowest BCUT2D eigenvalue weighted by molar-refractivity contribution is -0.125. The number of ether oxygens (including phenoxy) is 1. The van der Waals surface area contributed by atoms with Crippen LogP contribution in [-0.2, 0) is 36.4 Å². The zero-order valence-corrected chi connectivity index (χ0v) is 19.1. The van der Waals surface area contributed by atoms with Gasteiger partial charge in [0.2, 0.25) is 0 Å². The second-order valence-corrected chi connectivity index (χ2v) is 11.1. The van der Waals surface area contributed by atoms with E-state index in [2.05, 4.69) is 28.1 Å². The molecular weight excluding hydrogens is 515 g/mol. The second kappa shape index (κ2) is 9.19. The zero-order chi connectivity index (χ0) is 24.8. The summed E-state index contributed by atoms with van der Waals surface area (Å²) in [5.74, 6) is -1.85. The average molecular weight is 533 g/mol. The fourth-order valence-corrected chi connectivity index (χ4v) is 6.17. The average Bonchev–Trinajstić information content (AvgIpc) is 3.18. The summed E-state index contributed by atoms with van der Waals surface area (Å²) in [4.78, 5) is 59.8. The monoisotopic (exact) mass is 533 g/mol. The highest BCUT2D eigenvalue weighted by atomic mass is 31.3. The van der Waals surface area contributed by atoms with Gasteiger partial charge in [0, 0.05) is 0 Å². The number of aromatic nitrogens is 4. The fourth-order valence-electron chi connectivity index (χ4n) is 3.14. The Hall–Kier alpha value is -1.65. The van der Waals surface area contributed by atoms with Gasteiger partial charge in [0.25, 0.3) is 0 Å². The Morgan fingerprint density at radius 2 is 1.82 bits per heavy atom. The molecule has 1 fully saturated rings. The van der Waals surface area contributed by atoms with Crippen LogP contribution >= 0.6 is 23.5 Å². The molecule has 1 saturated heterocycles. The van der Waals surface area contributed by atoms with Crippen molar-refractivity contribution >= 4 is 46.2 Å². The highest BCUT2D eigenvalue weighted by Gasteiger charge is 2.49. The van der Waals surface area contributed by atoms with Gasteiger partial charge in [-0.05, 0) is 6.92 Å². The number of aliphatic hydroxyl groups is 1. The number of fused-ring (bicyclic) bond motifs is 1. The lowest BCUT2D eigenvalue weighted by Crippen LogP contribution is -2.33. The first kappa shape index (κ1) is 26.0. The van der Waals surface area contributed by atoms with Gasteiger partial charge < -0.3 is 35.2 Å². The van der Waals surface area contributed by atoms with E-state index in [-0.39, 0.29) is 17.0 Å². The van der Waals surface area contributed by atoms with Gasteiger partial charge in [-0.1, -0.05) is 0 Å². The maximum atomic E-state index is 12.1. The standard InChI is InChI=1S/C12H18N5O13P3/c1-5(18)7-6(2-27-32(23,24)30-33(25,26)29-31(20,21)22)28-12(9(7)19)17-4-16-8-10(13)14-3-15-11(8)17/h3-4,6-7,9,12,19H,2H2,1H3,(H,23,24)(H,25,26)(H2,13,14,15)(H2,20,21,22). The summed E-state index contributed by atoms with van der Waals surface area (Å²) >= 11 is 0. The van der Waals surface area contributed by atoms with E-state index < -0.39 is 60.2 Å². The van der Waals surface area contributed by atoms with E-state index in [0.29, 0.717) is 0 Å². The molecule has 0 spiro atoms. The number of carbonyl (C=O) groups is 1. The van der Waals surface area contributed by atoms with E-state index in [1.807, 2.05) is 0 Å². The quantitative estimate of drug-likeness (QED) is 0.215. The molecule has 1 aliphatic heterocycles. The summed E-state index contributed by atoms with van der Waals surface area (Å²) in [6.45, 7) is 0.189. The van der Waals surface area contributed by atoms with E-state index in [1.54, 1.807) is 0 Å². The second-order valence-electron chi connectivity index (χ2n) is 6.66. The van der Waals surface area contributed by atoms with Crippen molar-refractivity contribution in [2.45, 2.75) is 25.4 Å². The molecule has 2 aromatic rings. The van der Waals surface area contributed by atoms with Crippen LogP contribution in [-0.4, -0.2) is 68.8 Å². The van der Waals surface area contributed by atoms with Crippen molar-refractivity contribution < 1.29 is 61.1 Å². The normalized spacial score (nSPS) is 27.3.